The fourth-order valence-corrected chi connectivity index (χ4v) is 5.42. The Labute approximate surface area is 191 Å². The number of aromatic nitrogens is 2. The van der Waals surface area contributed by atoms with Crippen molar-refractivity contribution in [2.75, 3.05) is 24.0 Å². The van der Waals surface area contributed by atoms with Crippen molar-refractivity contribution in [3.05, 3.63) is 35.0 Å². The first-order chi connectivity index (χ1) is 15.2. The fourth-order valence-electron chi connectivity index (χ4n) is 4.23. The van der Waals surface area contributed by atoms with Crippen LogP contribution in [0.1, 0.15) is 55.7 Å². The summed E-state index contributed by atoms with van der Waals surface area (Å²) in [6.07, 6.45) is 2.01. The molecule has 1 atom stereocenters. The third kappa shape index (κ3) is 3.83. The topological polar surface area (TPSA) is 85.7 Å². The Morgan fingerprint density at radius 2 is 2.00 bits per heavy atom. The molecule has 2 amide bonds. The summed E-state index contributed by atoms with van der Waals surface area (Å²) in [5.41, 5.74) is 2.69. The van der Waals surface area contributed by atoms with Crippen LogP contribution in [0.25, 0.3) is 0 Å². The zero-order chi connectivity index (χ0) is 22.6. The summed E-state index contributed by atoms with van der Waals surface area (Å²) in [6, 6.07) is 6.17. The standard InChI is InChI=1S/C23H28N4O4S/c1-23(2,3)21-19-20(13-5-8-15-16(9-13)31-12-30-15)32-11-18(29)27(22(19)26(4)25-21)10-17(28)24-14-6-7-14/h5,8-9,14,20H,6-7,10-12H2,1-4H3,(H,24,28). The Morgan fingerprint density at radius 3 is 2.72 bits per heavy atom. The van der Waals surface area contributed by atoms with Crippen LogP contribution >= 0.6 is 11.8 Å². The van der Waals surface area contributed by atoms with Gasteiger partial charge in [-0.3, -0.25) is 19.2 Å². The second kappa shape index (κ2) is 7.72. The highest BCUT2D eigenvalue weighted by molar-refractivity contribution is 8.00. The molecule has 5 rings (SSSR count). The molecule has 2 aromatic rings. The number of ether oxygens (including phenoxy) is 2. The number of nitrogens with zero attached hydrogens (tertiary/aromatic N) is 3. The van der Waals surface area contributed by atoms with Crippen molar-refractivity contribution >= 4 is 29.4 Å². The molecule has 0 bridgehead atoms. The summed E-state index contributed by atoms with van der Waals surface area (Å²) in [5, 5.41) is 7.72. The van der Waals surface area contributed by atoms with E-state index in [1.807, 2.05) is 25.2 Å². The lowest BCUT2D eigenvalue weighted by atomic mass is 9.87. The average Bonchev–Trinajstić information content (AvgIpc) is 3.32. The molecule has 1 aromatic heterocycles. The molecule has 1 N–H and O–H groups in total. The molecule has 170 valence electrons. The fraction of sp³-hybridized carbons (Fsp3) is 0.522. The second-order valence-corrected chi connectivity index (χ2v) is 10.7. The number of fused-ring (bicyclic) bond motifs is 2. The third-order valence-corrected chi connectivity index (χ3v) is 7.15. The van der Waals surface area contributed by atoms with Crippen molar-refractivity contribution in [1.29, 1.82) is 0 Å². The van der Waals surface area contributed by atoms with Crippen molar-refractivity contribution in [1.82, 2.24) is 15.1 Å². The molecule has 1 aromatic carbocycles. The second-order valence-electron chi connectivity index (χ2n) is 9.58. The highest BCUT2D eigenvalue weighted by atomic mass is 32.2. The van der Waals surface area contributed by atoms with Gasteiger partial charge < -0.3 is 14.8 Å². The van der Waals surface area contributed by atoms with E-state index >= 15 is 0 Å². The zero-order valence-corrected chi connectivity index (χ0v) is 19.6. The van der Waals surface area contributed by atoms with Gasteiger partial charge in [0.05, 0.1) is 16.7 Å². The SMILES string of the molecule is Cn1nc(C(C)(C)C)c2c1N(CC(=O)NC1CC1)C(=O)CSC2c1ccc2c(c1)OCO2. The summed E-state index contributed by atoms with van der Waals surface area (Å²) in [4.78, 5) is 27.5. The predicted molar refractivity (Wildman–Crippen MR) is 122 cm³/mol. The number of aryl methyl sites for hydroxylation is 1. The molecular formula is C23H28N4O4S. The third-order valence-electron chi connectivity index (χ3n) is 5.90. The number of benzene rings is 1. The molecule has 3 aliphatic rings. The number of carbonyl (C=O) groups is 2. The van der Waals surface area contributed by atoms with Gasteiger partial charge in [-0.1, -0.05) is 26.8 Å². The Hall–Kier alpha value is -2.68. The van der Waals surface area contributed by atoms with Crippen LogP contribution in [-0.4, -0.2) is 46.7 Å². The van der Waals surface area contributed by atoms with Crippen molar-refractivity contribution in [3.63, 3.8) is 0 Å². The summed E-state index contributed by atoms with van der Waals surface area (Å²) < 4.78 is 12.8. The van der Waals surface area contributed by atoms with E-state index in [9.17, 15) is 9.59 Å². The smallest absolute Gasteiger partial charge is 0.240 e. The first kappa shape index (κ1) is 21.2. The van der Waals surface area contributed by atoms with Crippen LogP contribution in [0.5, 0.6) is 11.5 Å². The lowest BCUT2D eigenvalue weighted by Gasteiger charge is -2.24. The van der Waals surface area contributed by atoms with Gasteiger partial charge in [0, 0.05) is 24.1 Å². The number of anilines is 1. The molecule has 2 aliphatic heterocycles. The first-order valence-corrected chi connectivity index (χ1v) is 12.0. The molecule has 0 saturated heterocycles. The van der Waals surface area contributed by atoms with Gasteiger partial charge in [-0.05, 0) is 30.5 Å². The van der Waals surface area contributed by atoms with Crippen molar-refractivity contribution in [2.45, 2.75) is 50.3 Å². The Morgan fingerprint density at radius 1 is 1.25 bits per heavy atom. The molecular weight excluding hydrogens is 428 g/mol. The molecule has 1 aliphatic carbocycles. The number of nitrogens with one attached hydrogen (secondary N) is 1. The Balaban J connectivity index is 1.61. The summed E-state index contributed by atoms with van der Waals surface area (Å²) in [6.45, 7) is 6.57. The van der Waals surface area contributed by atoms with Crippen LogP contribution < -0.4 is 19.7 Å². The maximum absolute atomic E-state index is 13.2. The van der Waals surface area contributed by atoms with Gasteiger partial charge in [0.15, 0.2) is 11.5 Å². The summed E-state index contributed by atoms with van der Waals surface area (Å²) in [5.74, 6) is 2.18. The normalized spacial score (nSPS) is 20.2. The van der Waals surface area contributed by atoms with Crippen LogP contribution in [0.3, 0.4) is 0 Å². The minimum atomic E-state index is -0.240. The van der Waals surface area contributed by atoms with E-state index < -0.39 is 0 Å². The Kier molecular flexibility index (Phi) is 5.11. The van der Waals surface area contributed by atoms with E-state index in [2.05, 4.69) is 26.1 Å². The summed E-state index contributed by atoms with van der Waals surface area (Å²) in [7, 11) is 1.85. The average molecular weight is 457 g/mol. The van der Waals surface area contributed by atoms with Crippen LogP contribution in [0.4, 0.5) is 5.82 Å². The van der Waals surface area contributed by atoms with Crippen molar-refractivity contribution in [2.24, 2.45) is 7.05 Å². The zero-order valence-electron chi connectivity index (χ0n) is 18.8. The van der Waals surface area contributed by atoms with Crippen LogP contribution in [0.2, 0.25) is 0 Å². The molecule has 0 radical (unpaired) electrons. The van der Waals surface area contributed by atoms with E-state index in [1.165, 1.54) is 0 Å². The number of thioether (sulfide) groups is 1. The lowest BCUT2D eigenvalue weighted by Crippen LogP contribution is -2.43. The van der Waals surface area contributed by atoms with E-state index in [1.54, 1.807) is 21.3 Å². The van der Waals surface area contributed by atoms with E-state index in [0.717, 1.165) is 35.4 Å². The summed E-state index contributed by atoms with van der Waals surface area (Å²) >= 11 is 1.56. The highest BCUT2D eigenvalue weighted by Gasteiger charge is 2.39. The van der Waals surface area contributed by atoms with Crippen molar-refractivity contribution < 1.29 is 19.1 Å². The predicted octanol–water partition coefficient (Wildman–Crippen LogP) is 2.89. The molecule has 32 heavy (non-hydrogen) atoms. The molecule has 8 nitrogen and oxygen atoms in total. The molecule has 0 spiro atoms. The monoisotopic (exact) mass is 456 g/mol. The highest BCUT2D eigenvalue weighted by Crippen LogP contribution is 2.49. The number of rotatable bonds is 4. The molecule has 1 saturated carbocycles. The largest absolute Gasteiger partial charge is 0.454 e. The molecule has 1 fully saturated rings. The van der Waals surface area contributed by atoms with Gasteiger partial charge in [0.25, 0.3) is 0 Å². The first-order valence-electron chi connectivity index (χ1n) is 10.9. The lowest BCUT2D eigenvalue weighted by molar-refractivity contribution is -0.123. The van der Waals surface area contributed by atoms with Crippen LogP contribution in [-0.2, 0) is 22.1 Å². The molecule has 9 heteroatoms. The van der Waals surface area contributed by atoms with E-state index in [-0.39, 0.29) is 47.6 Å². The Bertz CT molecular complexity index is 1090. The number of hydrogen-bond acceptors (Lipinski definition) is 6. The van der Waals surface area contributed by atoms with Gasteiger partial charge in [-0.25, -0.2) is 0 Å². The maximum atomic E-state index is 13.2. The van der Waals surface area contributed by atoms with Gasteiger partial charge in [-0.2, -0.15) is 5.10 Å². The van der Waals surface area contributed by atoms with Gasteiger partial charge in [0.1, 0.15) is 12.4 Å². The van der Waals surface area contributed by atoms with Gasteiger partial charge in [0.2, 0.25) is 18.6 Å². The molecule has 1 unspecified atom stereocenters. The van der Waals surface area contributed by atoms with Crippen LogP contribution in [0, 0.1) is 0 Å². The van der Waals surface area contributed by atoms with E-state index in [0.29, 0.717) is 11.6 Å². The van der Waals surface area contributed by atoms with E-state index in [4.69, 9.17) is 14.6 Å². The number of amides is 2. The van der Waals surface area contributed by atoms with Gasteiger partial charge in [-0.15, -0.1) is 11.8 Å². The molecule has 3 heterocycles. The quantitative estimate of drug-likeness (QED) is 0.762. The minimum absolute atomic E-state index is 0.000130. The number of hydrogen-bond donors (Lipinski definition) is 1. The van der Waals surface area contributed by atoms with Gasteiger partial charge >= 0.3 is 0 Å². The minimum Gasteiger partial charge on any atom is -0.454 e. The van der Waals surface area contributed by atoms with Crippen molar-refractivity contribution in [3.8, 4) is 11.5 Å². The van der Waals surface area contributed by atoms with Crippen LogP contribution in [0.15, 0.2) is 18.2 Å². The number of carbonyl (C=O) groups excluding carboxylic acids is 2. The maximum Gasteiger partial charge on any atom is 0.240 e.